The van der Waals surface area contributed by atoms with Gasteiger partial charge in [0.05, 0.1) is 0 Å². The standard InChI is InChI=1S/C18H19N3O2/c1-11(2)19-18(22)20-14-7-5-13(6-8-14)17-21-15-9-4-12(3)10-16(15)23-17/h4-11H,1-3H3,(H2,19,20,22). The van der Waals surface area contributed by atoms with Gasteiger partial charge in [0, 0.05) is 17.3 Å². The number of benzene rings is 2. The van der Waals surface area contributed by atoms with E-state index < -0.39 is 0 Å². The molecule has 0 aliphatic rings. The smallest absolute Gasteiger partial charge is 0.319 e. The van der Waals surface area contributed by atoms with Crippen molar-refractivity contribution in [1.82, 2.24) is 10.3 Å². The molecule has 2 amide bonds. The molecule has 5 nitrogen and oxygen atoms in total. The minimum atomic E-state index is -0.218. The third-order valence-corrected chi connectivity index (χ3v) is 3.35. The molecule has 0 bridgehead atoms. The third-order valence-electron chi connectivity index (χ3n) is 3.35. The number of urea groups is 1. The van der Waals surface area contributed by atoms with Crippen LogP contribution in [0.3, 0.4) is 0 Å². The Balaban J connectivity index is 1.79. The van der Waals surface area contributed by atoms with Gasteiger partial charge in [-0.2, -0.15) is 0 Å². The predicted molar refractivity (Wildman–Crippen MR) is 91.5 cm³/mol. The zero-order valence-corrected chi connectivity index (χ0v) is 13.4. The molecule has 0 fully saturated rings. The van der Waals surface area contributed by atoms with Gasteiger partial charge in [0.15, 0.2) is 5.58 Å². The van der Waals surface area contributed by atoms with Crippen molar-refractivity contribution in [3.05, 3.63) is 48.0 Å². The lowest BCUT2D eigenvalue weighted by molar-refractivity contribution is 0.250. The van der Waals surface area contributed by atoms with E-state index in [-0.39, 0.29) is 12.1 Å². The molecule has 0 unspecified atom stereocenters. The van der Waals surface area contributed by atoms with Crippen LogP contribution < -0.4 is 10.6 Å². The zero-order valence-electron chi connectivity index (χ0n) is 13.4. The fraction of sp³-hybridized carbons (Fsp3) is 0.222. The highest BCUT2D eigenvalue weighted by Crippen LogP contribution is 2.25. The molecule has 0 aliphatic heterocycles. The maximum absolute atomic E-state index is 11.7. The van der Waals surface area contributed by atoms with Crippen LogP contribution in [0.15, 0.2) is 46.9 Å². The van der Waals surface area contributed by atoms with Crippen LogP contribution in [-0.2, 0) is 0 Å². The van der Waals surface area contributed by atoms with Crippen molar-refractivity contribution < 1.29 is 9.21 Å². The molecule has 0 aliphatic carbocycles. The first-order valence-electron chi connectivity index (χ1n) is 7.56. The molecule has 0 saturated heterocycles. The lowest BCUT2D eigenvalue weighted by Crippen LogP contribution is -2.34. The van der Waals surface area contributed by atoms with E-state index in [1.54, 1.807) is 0 Å². The summed E-state index contributed by atoms with van der Waals surface area (Å²) in [6, 6.07) is 13.2. The maximum atomic E-state index is 11.7. The molecule has 118 valence electrons. The Labute approximate surface area is 134 Å². The fourth-order valence-corrected chi connectivity index (χ4v) is 2.28. The second-order valence-electron chi connectivity index (χ2n) is 5.82. The Morgan fingerprint density at radius 2 is 1.87 bits per heavy atom. The number of aromatic nitrogens is 1. The van der Waals surface area contributed by atoms with E-state index >= 15 is 0 Å². The van der Waals surface area contributed by atoms with Crippen molar-refractivity contribution in [3.8, 4) is 11.5 Å². The highest BCUT2D eigenvalue weighted by Gasteiger charge is 2.09. The van der Waals surface area contributed by atoms with Gasteiger partial charge in [-0.3, -0.25) is 0 Å². The molecule has 0 saturated carbocycles. The number of nitrogens with one attached hydrogen (secondary N) is 2. The van der Waals surface area contributed by atoms with E-state index in [2.05, 4.69) is 15.6 Å². The van der Waals surface area contributed by atoms with Crippen LogP contribution in [0, 0.1) is 6.92 Å². The van der Waals surface area contributed by atoms with Crippen molar-refractivity contribution >= 4 is 22.8 Å². The van der Waals surface area contributed by atoms with Crippen LogP contribution in [0.2, 0.25) is 0 Å². The highest BCUT2D eigenvalue weighted by atomic mass is 16.3. The molecule has 3 rings (SSSR count). The Kier molecular flexibility index (Phi) is 4.02. The largest absolute Gasteiger partial charge is 0.436 e. The average molecular weight is 309 g/mol. The summed E-state index contributed by atoms with van der Waals surface area (Å²) >= 11 is 0. The van der Waals surface area contributed by atoms with Gasteiger partial charge >= 0.3 is 6.03 Å². The number of carbonyl (C=O) groups is 1. The van der Waals surface area contributed by atoms with Crippen LogP contribution in [-0.4, -0.2) is 17.1 Å². The molecular formula is C18H19N3O2. The minimum absolute atomic E-state index is 0.0949. The molecule has 0 spiro atoms. The molecule has 0 radical (unpaired) electrons. The first kappa shape index (κ1) is 15.1. The van der Waals surface area contributed by atoms with Crippen LogP contribution in [0.4, 0.5) is 10.5 Å². The van der Waals surface area contributed by atoms with Crippen LogP contribution in [0.5, 0.6) is 0 Å². The normalized spacial score (nSPS) is 11.0. The number of oxazole rings is 1. The van der Waals surface area contributed by atoms with Crippen molar-refractivity contribution in [2.24, 2.45) is 0 Å². The summed E-state index contributed by atoms with van der Waals surface area (Å²) in [5, 5.41) is 5.56. The molecule has 2 N–H and O–H groups in total. The summed E-state index contributed by atoms with van der Waals surface area (Å²) in [5.41, 5.74) is 4.34. The number of rotatable bonds is 3. The molecule has 3 aromatic rings. The monoisotopic (exact) mass is 309 g/mol. The van der Waals surface area contributed by atoms with Gasteiger partial charge in [0.2, 0.25) is 5.89 Å². The van der Waals surface area contributed by atoms with Crippen molar-refractivity contribution in [1.29, 1.82) is 0 Å². The SMILES string of the molecule is Cc1ccc2nc(-c3ccc(NC(=O)NC(C)C)cc3)oc2c1. The second kappa shape index (κ2) is 6.12. The van der Waals surface area contributed by atoms with E-state index in [4.69, 9.17) is 4.42 Å². The lowest BCUT2D eigenvalue weighted by atomic mass is 10.2. The molecule has 2 aromatic carbocycles. The van der Waals surface area contributed by atoms with Gasteiger partial charge in [0.25, 0.3) is 0 Å². The third kappa shape index (κ3) is 3.51. The van der Waals surface area contributed by atoms with Gasteiger partial charge in [-0.1, -0.05) is 6.07 Å². The van der Waals surface area contributed by atoms with Gasteiger partial charge in [-0.25, -0.2) is 9.78 Å². The minimum Gasteiger partial charge on any atom is -0.436 e. The summed E-state index contributed by atoms with van der Waals surface area (Å²) in [7, 11) is 0. The van der Waals surface area contributed by atoms with Gasteiger partial charge in [-0.15, -0.1) is 0 Å². The molecule has 0 atom stereocenters. The topological polar surface area (TPSA) is 67.2 Å². The Bertz CT molecular complexity index is 835. The molecule has 5 heteroatoms. The van der Waals surface area contributed by atoms with E-state index in [1.807, 2.05) is 63.2 Å². The highest BCUT2D eigenvalue weighted by molar-refractivity contribution is 5.89. The van der Waals surface area contributed by atoms with E-state index in [0.717, 1.165) is 27.9 Å². The first-order chi connectivity index (χ1) is 11.0. The summed E-state index contributed by atoms with van der Waals surface area (Å²) in [6.07, 6.45) is 0. The zero-order chi connectivity index (χ0) is 16.4. The number of hydrogen-bond acceptors (Lipinski definition) is 3. The van der Waals surface area contributed by atoms with Gasteiger partial charge in [0.1, 0.15) is 5.52 Å². The van der Waals surface area contributed by atoms with E-state index in [9.17, 15) is 4.79 Å². The summed E-state index contributed by atoms with van der Waals surface area (Å²) in [6.45, 7) is 5.85. The number of aryl methyl sites for hydroxylation is 1. The molecule has 1 aromatic heterocycles. The number of nitrogens with zero attached hydrogens (tertiary/aromatic N) is 1. The Morgan fingerprint density at radius 3 is 2.57 bits per heavy atom. The first-order valence-corrected chi connectivity index (χ1v) is 7.56. The van der Waals surface area contributed by atoms with Gasteiger partial charge in [-0.05, 0) is 62.7 Å². The maximum Gasteiger partial charge on any atom is 0.319 e. The summed E-state index contributed by atoms with van der Waals surface area (Å²) < 4.78 is 5.80. The Morgan fingerprint density at radius 1 is 1.13 bits per heavy atom. The second-order valence-corrected chi connectivity index (χ2v) is 5.82. The molecule has 23 heavy (non-hydrogen) atoms. The van der Waals surface area contributed by atoms with Crippen LogP contribution in [0.1, 0.15) is 19.4 Å². The number of hydrogen-bond donors (Lipinski definition) is 2. The molecule has 1 heterocycles. The van der Waals surface area contributed by atoms with Gasteiger partial charge < -0.3 is 15.1 Å². The molecular weight excluding hydrogens is 290 g/mol. The summed E-state index contributed by atoms with van der Waals surface area (Å²) in [5.74, 6) is 0.573. The number of fused-ring (bicyclic) bond motifs is 1. The van der Waals surface area contributed by atoms with Crippen LogP contribution in [0.25, 0.3) is 22.6 Å². The van der Waals surface area contributed by atoms with E-state index in [1.165, 1.54) is 0 Å². The van der Waals surface area contributed by atoms with Crippen molar-refractivity contribution in [3.63, 3.8) is 0 Å². The van der Waals surface area contributed by atoms with Crippen LogP contribution >= 0.6 is 0 Å². The quantitative estimate of drug-likeness (QED) is 0.756. The lowest BCUT2D eigenvalue weighted by Gasteiger charge is -2.10. The van der Waals surface area contributed by atoms with E-state index in [0.29, 0.717) is 5.89 Å². The number of amides is 2. The van der Waals surface area contributed by atoms with Crippen molar-refractivity contribution in [2.45, 2.75) is 26.8 Å². The number of carbonyl (C=O) groups excluding carboxylic acids is 1. The predicted octanol–water partition coefficient (Wildman–Crippen LogP) is 4.33. The Hall–Kier alpha value is -2.82. The summed E-state index contributed by atoms with van der Waals surface area (Å²) in [4.78, 5) is 16.2. The fourth-order valence-electron chi connectivity index (χ4n) is 2.28. The van der Waals surface area contributed by atoms with Crippen molar-refractivity contribution in [2.75, 3.05) is 5.32 Å². The number of anilines is 1. The average Bonchev–Trinajstić information content (AvgIpc) is 2.90.